The van der Waals surface area contributed by atoms with Crippen LogP contribution in [0, 0.1) is 5.21 Å². The highest BCUT2D eigenvalue weighted by molar-refractivity contribution is 6.04. The summed E-state index contributed by atoms with van der Waals surface area (Å²) < 4.78 is 11.5. The van der Waals surface area contributed by atoms with E-state index in [-0.39, 0.29) is 0 Å². The van der Waals surface area contributed by atoms with Gasteiger partial charge in [0.25, 0.3) is 5.66 Å². The molecular weight excluding hydrogens is 332 g/mol. The summed E-state index contributed by atoms with van der Waals surface area (Å²) >= 11 is 0. The summed E-state index contributed by atoms with van der Waals surface area (Å²) in [5.41, 5.74) is -0.320. The van der Waals surface area contributed by atoms with Crippen LogP contribution in [0.25, 0.3) is 0 Å². The van der Waals surface area contributed by atoms with Gasteiger partial charge in [-0.25, -0.2) is 0 Å². The third-order valence-electron chi connectivity index (χ3n) is 5.10. The minimum absolute atomic E-state index is 0.498. The smallest absolute Gasteiger partial charge is 0.274 e. The highest BCUT2D eigenvalue weighted by Crippen LogP contribution is 2.43. The third-order valence-corrected chi connectivity index (χ3v) is 5.10. The summed E-state index contributed by atoms with van der Waals surface area (Å²) in [6, 6.07) is 14.6. The predicted octanol–water partition coefficient (Wildman–Crippen LogP) is 3.36. The highest BCUT2D eigenvalue weighted by Gasteiger charge is 2.60. The number of nitrogens with zero attached hydrogens (tertiary/aromatic N) is 2. The van der Waals surface area contributed by atoms with Gasteiger partial charge >= 0.3 is 0 Å². The number of hydrogen-bond acceptors (Lipinski definition) is 5. The molecule has 1 heterocycles. The van der Waals surface area contributed by atoms with Crippen molar-refractivity contribution < 1.29 is 19.4 Å². The lowest BCUT2D eigenvalue weighted by molar-refractivity contribution is -0.597. The van der Waals surface area contributed by atoms with E-state index in [0.29, 0.717) is 22.8 Å². The predicted molar refractivity (Wildman–Crippen MR) is 98.8 cm³/mol. The standard InChI is InChI=1S/C20H24N2O4/c1-19(2)18(14-9-7-6-8-10-14)21(23)20(3,22(19)24)15-11-12-16(25-4)17(13-15)26-5/h6-13,24H,1-5H3/t20-/m0/s1. The first-order valence-corrected chi connectivity index (χ1v) is 8.40. The van der Waals surface area contributed by atoms with Crippen LogP contribution < -0.4 is 9.47 Å². The normalized spacial score (nSPS) is 22.5. The van der Waals surface area contributed by atoms with Gasteiger partial charge in [0.2, 0.25) is 5.71 Å². The molecule has 2 aromatic carbocycles. The monoisotopic (exact) mass is 356 g/mol. The van der Waals surface area contributed by atoms with E-state index in [1.54, 1.807) is 32.2 Å². The van der Waals surface area contributed by atoms with Gasteiger partial charge in [0, 0.05) is 18.1 Å². The molecule has 0 spiro atoms. The first-order valence-electron chi connectivity index (χ1n) is 8.40. The number of methoxy groups -OCH3 is 2. The van der Waals surface area contributed by atoms with Crippen molar-refractivity contribution in [2.45, 2.75) is 32.0 Å². The first kappa shape index (κ1) is 18.2. The number of ether oxygens (including phenoxy) is 2. The van der Waals surface area contributed by atoms with E-state index in [4.69, 9.17) is 9.47 Å². The van der Waals surface area contributed by atoms with Crippen molar-refractivity contribution in [3.8, 4) is 11.5 Å². The highest BCUT2D eigenvalue weighted by atomic mass is 16.6. The van der Waals surface area contributed by atoms with E-state index in [0.717, 1.165) is 15.4 Å². The molecule has 0 aliphatic carbocycles. The molecule has 2 aromatic rings. The van der Waals surface area contributed by atoms with E-state index in [2.05, 4.69) is 0 Å². The molecule has 1 atom stereocenters. The van der Waals surface area contributed by atoms with Crippen LogP contribution in [-0.4, -0.2) is 40.5 Å². The summed E-state index contributed by atoms with van der Waals surface area (Å²) in [4.78, 5) is 0. The zero-order valence-electron chi connectivity index (χ0n) is 15.7. The average Bonchev–Trinajstić information content (AvgIpc) is 2.79. The Bertz CT molecular complexity index is 848. The van der Waals surface area contributed by atoms with Crippen LogP contribution in [0.15, 0.2) is 48.5 Å². The zero-order valence-corrected chi connectivity index (χ0v) is 15.7. The lowest BCUT2D eigenvalue weighted by Gasteiger charge is -2.33. The van der Waals surface area contributed by atoms with Gasteiger partial charge in [-0.3, -0.25) is 0 Å². The Morgan fingerprint density at radius 2 is 1.58 bits per heavy atom. The molecule has 1 aliphatic heterocycles. The van der Waals surface area contributed by atoms with Crippen molar-refractivity contribution >= 4 is 5.71 Å². The van der Waals surface area contributed by atoms with Crippen molar-refractivity contribution in [3.05, 3.63) is 64.9 Å². The molecule has 0 bridgehead atoms. The molecule has 138 valence electrons. The Morgan fingerprint density at radius 1 is 0.962 bits per heavy atom. The van der Waals surface area contributed by atoms with Crippen LogP contribution >= 0.6 is 0 Å². The van der Waals surface area contributed by atoms with Gasteiger partial charge in [-0.1, -0.05) is 18.2 Å². The largest absolute Gasteiger partial charge is 0.622 e. The van der Waals surface area contributed by atoms with Crippen molar-refractivity contribution in [2.75, 3.05) is 14.2 Å². The molecule has 0 unspecified atom stereocenters. The second kappa shape index (κ2) is 6.30. The summed E-state index contributed by atoms with van der Waals surface area (Å²) in [7, 11) is 3.09. The van der Waals surface area contributed by atoms with Crippen molar-refractivity contribution in [3.63, 3.8) is 0 Å². The molecule has 0 amide bonds. The summed E-state index contributed by atoms with van der Waals surface area (Å²) in [5.74, 6) is 1.06. The molecule has 1 aliphatic rings. The Balaban J connectivity index is 2.22. The number of hydroxylamine groups is 3. The van der Waals surface area contributed by atoms with Crippen LogP contribution in [0.2, 0.25) is 0 Å². The molecule has 6 heteroatoms. The molecule has 0 saturated carbocycles. The van der Waals surface area contributed by atoms with E-state index in [1.807, 2.05) is 44.2 Å². The van der Waals surface area contributed by atoms with Gasteiger partial charge in [0.15, 0.2) is 11.5 Å². The molecule has 0 fully saturated rings. The average molecular weight is 356 g/mol. The minimum Gasteiger partial charge on any atom is -0.622 e. The van der Waals surface area contributed by atoms with Crippen LogP contribution in [0.4, 0.5) is 0 Å². The molecule has 0 radical (unpaired) electrons. The molecule has 0 saturated heterocycles. The number of hydrogen-bond donors (Lipinski definition) is 1. The van der Waals surface area contributed by atoms with Gasteiger partial charge in [0.1, 0.15) is 5.54 Å². The lowest BCUT2D eigenvalue weighted by atomic mass is 9.92. The van der Waals surface area contributed by atoms with Gasteiger partial charge in [-0.05, 0) is 44.2 Å². The van der Waals surface area contributed by atoms with Crippen LogP contribution in [0.5, 0.6) is 11.5 Å². The third kappa shape index (κ3) is 2.45. The van der Waals surface area contributed by atoms with Gasteiger partial charge in [-0.2, -0.15) is 4.74 Å². The van der Waals surface area contributed by atoms with Crippen molar-refractivity contribution in [1.82, 2.24) is 5.06 Å². The lowest BCUT2D eigenvalue weighted by Crippen LogP contribution is -2.51. The second-order valence-corrected chi connectivity index (χ2v) is 6.97. The van der Waals surface area contributed by atoms with E-state index < -0.39 is 11.2 Å². The van der Waals surface area contributed by atoms with Crippen LogP contribution in [0.3, 0.4) is 0 Å². The molecule has 26 heavy (non-hydrogen) atoms. The summed E-state index contributed by atoms with van der Waals surface area (Å²) in [6.07, 6.45) is 0. The van der Waals surface area contributed by atoms with E-state index in [1.165, 1.54) is 7.11 Å². The minimum atomic E-state index is -1.31. The van der Waals surface area contributed by atoms with Crippen LogP contribution in [-0.2, 0) is 5.66 Å². The summed E-state index contributed by atoms with van der Waals surface area (Å²) in [5, 5.41) is 25.5. The molecule has 1 N–H and O–H groups in total. The van der Waals surface area contributed by atoms with Crippen molar-refractivity contribution in [2.24, 2.45) is 0 Å². The molecule has 0 aromatic heterocycles. The fourth-order valence-corrected chi connectivity index (χ4v) is 3.63. The topological polar surface area (TPSA) is 68.0 Å². The zero-order chi connectivity index (χ0) is 19.1. The Labute approximate surface area is 153 Å². The molecule has 3 rings (SSSR count). The number of rotatable bonds is 4. The first-order chi connectivity index (χ1) is 12.3. The summed E-state index contributed by atoms with van der Waals surface area (Å²) in [6.45, 7) is 5.34. The Morgan fingerprint density at radius 3 is 2.15 bits per heavy atom. The van der Waals surface area contributed by atoms with Crippen molar-refractivity contribution in [1.29, 1.82) is 0 Å². The van der Waals surface area contributed by atoms with Gasteiger partial charge in [0.05, 0.1) is 14.2 Å². The van der Waals surface area contributed by atoms with Gasteiger partial charge < -0.3 is 19.9 Å². The molecule has 6 nitrogen and oxygen atoms in total. The quantitative estimate of drug-likeness (QED) is 0.672. The Hall–Kier alpha value is -2.57. The fraction of sp³-hybridized carbons (Fsp3) is 0.350. The van der Waals surface area contributed by atoms with Crippen LogP contribution in [0.1, 0.15) is 31.9 Å². The van der Waals surface area contributed by atoms with E-state index in [9.17, 15) is 10.4 Å². The van der Waals surface area contributed by atoms with Gasteiger partial charge in [-0.15, -0.1) is 5.06 Å². The second-order valence-electron chi connectivity index (χ2n) is 6.97. The maximum Gasteiger partial charge on any atom is 0.274 e. The van der Waals surface area contributed by atoms with E-state index >= 15 is 0 Å². The Kier molecular flexibility index (Phi) is 4.42. The maximum absolute atomic E-state index is 13.4. The molecular formula is C20H24N2O4. The number of benzene rings is 2. The maximum atomic E-state index is 13.4. The fourth-order valence-electron chi connectivity index (χ4n) is 3.63. The SMILES string of the molecule is COc1ccc([C@]2(C)N(O)C(C)(C)C(c3ccccc3)=[N+]2[O-])cc1OC.